The minimum absolute atomic E-state index is 0.0823. The number of phosphoric ester groups is 1. The molecule has 0 amide bonds. The van der Waals surface area contributed by atoms with Crippen molar-refractivity contribution in [3.05, 3.63) is 0 Å². The molecule has 2 unspecified atom stereocenters. The third-order valence-corrected chi connectivity index (χ3v) is 3.02. The van der Waals surface area contributed by atoms with E-state index in [1.165, 1.54) is 0 Å². The minimum Gasteiger partial charge on any atom is -0.316 e. The molecule has 0 saturated carbocycles. The topological polar surface area (TPSA) is 82.0 Å². The standard InChI is InChI=1S/C7H17N2O4P/c1-8-6-3-7(9(2)4-6)5-13-14(10,11)12/h6-8H,3-5H2,1-2H3,(H2,10,11,12). The van der Waals surface area contributed by atoms with Crippen LogP contribution in [0.3, 0.4) is 0 Å². The summed E-state index contributed by atoms with van der Waals surface area (Å²) in [6.45, 7) is 0.963. The van der Waals surface area contributed by atoms with Gasteiger partial charge in [0.2, 0.25) is 0 Å². The van der Waals surface area contributed by atoms with E-state index >= 15 is 0 Å². The molecule has 7 heteroatoms. The summed E-state index contributed by atoms with van der Waals surface area (Å²) in [5.74, 6) is 0. The number of likely N-dealkylation sites (tertiary alicyclic amines) is 1. The summed E-state index contributed by atoms with van der Waals surface area (Å²) in [4.78, 5) is 19.1. The Morgan fingerprint density at radius 2 is 2.29 bits per heavy atom. The highest BCUT2D eigenvalue weighted by molar-refractivity contribution is 7.46. The van der Waals surface area contributed by atoms with Crippen molar-refractivity contribution in [3.63, 3.8) is 0 Å². The van der Waals surface area contributed by atoms with Crippen molar-refractivity contribution in [2.45, 2.75) is 18.5 Å². The molecule has 1 saturated heterocycles. The Balaban J connectivity index is 2.35. The van der Waals surface area contributed by atoms with Crippen LogP contribution in [0.15, 0.2) is 0 Å². The molecule has 0 aromatic carbocycles. The molecule has 0 bridgehead atoms. The molecule has 1 rings (SSSR count). The van der Waals surface area contributed by atoms with E-state index in [0.717, 1.165) is 13.0 Å². The smallest absolute Gasteiger partial charge is 0.316 e. The third kappa shape index (κ3) is 3.65. The second kappa shape index (κ2) is 4.70. The van der Waals surface area contributed by atoms with E-state index in [-0.39, 0.29) is 12.6 Å². The molecule has 0 aromatic heterocycles. The van der Waals surface area contributed by atoms with Gasteiger partial charge in [0.15, 0.2) is 0 Å². The van der Waals surface area contributed by atoms with Gasteiger partial charge in [0.25, 0.3) is 0 Å². The Morgan fingerprint density at radius 1 is 1.64 bits per heavy atom. The van der Waals surface area contributed by atoms with Gasteiger partial charge in [0.05, 0.1) is 6.61 Å². The molecule has 0 aromatic rings. The van der Waals surface area contributed by atoms with Gasteiger partial charge in [-0.15, -0.1) is 0 Å². The minimum atomic E-state index is -4.32. The molecular weight excluding hydrogens is 207 g/mol. The van der Waals surface area contributed by atoms with Gasteiger partial charge in [-0.3, -0.25) is 9.42 Å². The van der Waals surface area contributed by atoms with Crippen molar-refractivity contribution >= 4 is 7.82 Å². The summed E-state index contributed by atoms with van der Waals surface area (Å²) >= 11 is 0. The van der Waals surface area contributed by atoms with E-state index in [1.807, 2.05) is 19.0 Å². The van der Waals surface area contributed by atoms with Crippen molar-refractivity contribution < 1.29 is 18.9 Å². The first-order valence-corrected chi connectivity index (χ1v) is 6.03. The molecule has 0 radical (unpaired) electrons. The summed E-state index contributed by atoms with van der Waals surface area (Å²) in [5, 5.41) is 3.13. The lowest BCUT2D eigenvalue weighted by Gasteiger charge is -2.18. The van der Waals surface area contributed by atoms with Crippen LogP contribution in [0.5, 0.6) is 0 Å². The number of hydrogen-bond donors (Lipinski definition) is 3. The molecule has 2 atom stereocenters. The lowest BCUT2D eigenvalue weighted by molar-refractivity contribution is 0.147. The molecule has 1 fully saturated rings. The molecule has 1 aliphatic heterocycles. The van der Waals surface area contributed by atoms with Gasteiger partial charge in [-0.2, -0.15) is 0 Å². The van der Waals surface area contributed by atoms with Crippen LogP contribution in [0.2, 0.25) is 0 Å². The highest BCUT2D eigenvalue weighted by atomic mass is 31.2. The maximum absolute atomic E-state index is 10.5. The second-order valence-electron chi connectivity index (χ2n) is 3.60. The molecular formula is C7H17N2O4P. The Hall–Kier alpha value is 0.0300. The van der Waals surface area contributed by atoms with E-state index in [4.69, 9.17) is 9.79 Å². The number of likely N-dealkylation sites (N-methyl/N-ethyl adjacent to an activating group) is 2. The first-order valence-electron chi connectivity index (χ1n) is 4.50. The van der Waals surface area contributed by atoms with Crippen LogP contribution in [0, 0.1) is 0 Å². The van der Waals surface area contributed by atoms with Gasteiger partial charge in [0, 0.05) is 18.6 Å². The molecule has 1 aliphatic rings. The number of hydrogen-bond acceptors (Lipinski definition) is 4. The fourth-order valence-electron chi connectivity index (χ4n) is 1.67. The van der Waals surface area contributed by atoms with Crippen LogP contribution in [0.4, 0.5) is 0 Å². The number of phosphoric acid groups is 1. The van der Waals surface area contributed by atoms with Crippen molar-refractivity contribution in [1.82, 2.24) is 10.2 Å². The van der Waals surface area contributed by atoms with E-state index in [2.05, 4.69) is 9.84 Å². The summed E-state index contributed by atoms with van der Waals surface area (Å²) in [7, 11) is -0.519. The zero-order chi connectivity index (χ0) is 10.8. The van der Waals surface area contributed by atoms with Gasteiger partial charge < -0.3 is 15.1 Å². The molecule has 0 aliphatic carbocycles. The van der Waals surface area contributed by atoms with E-state index in [9.17, 15) is 4.57 Å². The first-order chi connectivity index (χ1) is 6.42. The maximum Gasteiger partial charge on any atom is 0.469 e. The van der Waals surface area contributed by atoms with Crippen molar-refractivity contribution in [2.24, 2.45) is 0 Å². The predicted molar refractivity (Wildman–Crippen MR) is 51.9 cm³/mol. The number of rotatable bonds is 4. The van der Waals surface area contributed by atoms with Crippen LogP contribution in [0.1, 0.15) is 6.42 Å². The molecule has 3 N–H and O–H groups in total. The highest BCUT2D eigenvalue weighted by Crippen LogP contribution is 2.36. The Morgan fingerprint density at radius 3 is 2.71 bits per heavy atom. The van der Waals surface area contributed by atoms with Gasteiger partial charge in [0.1, 0.15) is 0 Å². The molecule has 84 valence electrons. The van der Waals surface area contributed by atoms with Crippen LogP contribution >= 0.6 is 7.82 Å². The van der Waals surface area contributed by atoms with Gasteiger partial charge in [-0.25, -0.2) is 4.57 Å². The lowest BCUT2D eigenvalue weighted by Crippen LogP contribution is -2.30. The fraction of sp³-hybridized carbons (Fsp3) is 1.00. The third-order valence-electron chi connectivity index (χ3n) is 2.53. The summed E-state index contributed by atoms with van der Waals surface area (Å²) in [5.41, 5.74) is 0. The maximum atomic E-state index is 10.5. The Kier molecular flexibility index (Phi) is 4.06. The Bertz CT molecular complexity index is 232. The second-order valence-corrected chi connectivity index (χ2v) is 4.84. The SMILES string of the molecule is CNC1CC(COP(=O)(O)O)N(C)C1. The highest BCUT2D eigenvalue weighted by Gasteiger charge is 2.30. The van der Waals surface area contributed by atoms with Crippen molar-refractivity contribution in [1.29, 1.82) is 0 Å². The predicted octanol–water partition coefficient (Wildman–Crippen LogP) is -0.612. The number of nitrogens with one attached hydrogen (secondary N) is 1. The van der Waals surface area contributed by atoms with E-state index < -0.39 is 7.82 Å². The van der Waals surface area contributed by atoms with Gasteiger partial charge in [-0.05, 0) is 20.5 Å². The van der Waals surface area contributed by atoms with Gasteiger partial charge >= 0.3 is 7.82 Å². The number of nitrogens with zero attached hydrogens (tertiary/aromatic N) is 1. The van der Waals surface area contributed by atoms with Gasteiger partial charge in [-0.1, -0.05) is 0 Å². The average molecular weight is 224 g/mol. The average Bonchev–Trinajstić information content (AvgIpc) is 2.42. The van der Waals surface area contributed by atoms with E-state index in [0.29, 0.717) is 6.04 Å². The Labute approximate surface area is 83.5 Å². The molecule has 14 heavy (non-hydrogen) atoms. The monoisotopic (exact) mass is 224 g/mol. The van der Waals surface area contributed by atoms with Crippen LogP contribution in [-0.4, -0.2) is 54.0 Å². The van der Waals surface area contributed by atoms with Crippen molar-refractivity contribution in [3.8, 4) is 0 Å². The molecule has 6 nitrogen and oxygen atoms in total. The summed E-state index contributed by atoms with van der Waals surface area (Å²) < 4.78 is 15.0. The molecule has 1 heterocycles. The summed E-state index contributed by atoms with van der Waals surface area (Å²) in [6.07, 6.45) is 0.854. The van der Waals surface area contributed by atoms with Crippen LogP contribution in [0.25, 0.3) is 0 Å². The molecule has 0 spiro atoms. The normalized spacial score (nSPS) is 29.7. The first kappa shape index (κ1) is 12.1. The lowest BCUT2D eigenvalue weighted by atomic mass is 10.2. The quantitative estimate of drug-likeness (QED) is 0.552. The summed E-state index contributed by atoms with van der Waals surface area (Å²) in [6, 6.07) is 0.463. The zero-order valence-electron chi connectivity index (χ0n) is 8.38. The largest absolute Gasteiger partial charge is 0.469 e. The van der Waals surface area contributed by atoms with E-state index in [1.54, 1.807) is 0 Å². The van der Waals surface area contributed by atoms with Crippen LogP contribution in [-0.2, 0) is 9.09 Å². The zero-order valence-corrected chi connectivity index (χ0v) is 9.28. The fourth-order valence-corrected chi connectivity index (χ4v) is 2.03. The van der Waals surface area contributed by atoms with Crippen LogP contribution < -0.4 is 5.32 Å². The van der Waals surface area contributed by atoms with Crippen molar-refractivity contribution in [2.75, 3.05) is 27.2 Å².